The molecular weight excluding hydrogens is 456 g/mol. The molecule has 1 amide bonds. The Bertz CT molecular complexity index is 1480. The number of amides is 1. The number of nitrogens with zero attached hydrogens (tertiary/aromatic N) is 4. The van der Waals surface area contributed by atoms with Crippen molar-refractivity contribution in [3.05, 3.63) is 89.4 Å². The molecule has 1 atom stereocenters. The molecule has 180 valence electrons. The topological polar surface area (TPSA) is 103 Å². The molecule has 9 heteroatoms. The molecule has 0 bridgehead atoms. The van der Waals surface area contributed by atoms with Gasteiger partial charge in [-0.25, -0.2) is 4.68 Å². The van der Waals surface area contributed by atoms with Crippen LogP contribution in [0, 0.1) is 6.92 Å². The van der Waals surface area contributed by atoms with Crippen LogP contribution in [0.5, 0.6) is 11.5 Å². The van der Waals surface area contributed by atoms with E-state index < -0.39 is 6.04 Å². The summed E-state index contributed by atoms with van der Waals surface area (Å²) in [4.78, 5) is 22.6. The third kappa shape index (κ3) is 3.94. The lowest BCUT2D eigenvalue weighted by atomic mass is 9.94. The van der Waals surface area contributed by atoms with Crippen LogP contribution < -0.4 is 20.1 Å². The Morgan fingerprint density at radius 2 is 1.86 bits per heavy atom. The highest BCUT2D eigenvalue weighted by Crippen LogP contribution is 2.40. The molecule has 2 N–H and O–H groups in total. The van der Waals surface area contributed by atoms with Crippen molar-refractivity contribution in [1.82, 2.24) is 19.7 Å². The zero-order valence-corrected chi connectivity index (χ0v) is 19.9. The number of allylic oxidation sites excluding steroid dienone is 1. The van der Waals surface area contributed by atoms with Gasteiger partial charge in [0.2, 0.25) is 5.95 Å². The third-order valence-corrected chi connectivity index (χ3v) is 6.21. The Morgan fingerprint density at radius 1 is 1.06 bits per heavy atom. The normalized spacial score (nSPS) is 16.2. The second kappa shape index (κ2) is 8.84. The smallest absolute Gasteiger partial charge is 0.255 e. The Kier molecular flexibility index (Phi) is 5.37. The van der Waals surface area contributed by atoms with Gasteiger partial charge in [0.15, 0.2) is 17.3 Å². The number of hydrogen-bond acceptors (Lipinski definition) is 7. The minimum absolute atomic E-state index is 0.229. The number of rotatable bonds is 4. The predicted molar refractivity (Wildman–Crippen MR) is 135 cm³/mol. The lowest BCUT2D eigenvalue weighted by Gasteiger charge is -2.29. The second-order valence-corrected chi connectivity index (χ2v) is 8.73. The van der Waals surface area contributed by atoms with E-state index in [2.05, 4.69) is 15.6 Å². The van der Waals surface area contributed by atoms with E-state index in [1.807, 2.05) is 68.4 Å². The van der Waals surface area contributed by atoms with Gasteiger partial charge in [-0.05, 0) is 55.8 Å². The molecule has 0 saturated heterocycles. The highest BCUT2D eigenvalue weighted by molar-refractivity contribution is 6.06. The molecule has 36 heavy (non-hydrogen) atoms. The molecule has 1 unspecified atom stereocenters. The molecule has 0 saturated carbocycles. The van der Waals surface area contributed by atoms with Crippen LogP contribution in [0.4, 0.5) is 11.6 Å². The van der Waals surface area contributed by atoms with Gasteiger partial charge in [0.1, 0.15) is 19.3 Å². The maximum atomic E-state index is 13.7. The summed E-state index contributed by atoms with van der Waals surface area (Å²) in [5.74, 6) is 2.15. The van der Waals surface area contributed by atoms with Gasteiger partial charge in [-0.3, -0.25) is 9.78 Å². The lowest BCUT2D eigenvalue weighted by Crippen LogP contribution is -2.31. The standard InChI is InChI=1S/C27H24N6O3/c1-16-5-8-20(9-6-16)30-26(34)23-17(2)29-27-31-25(19-4-3-11-28-15-19)32-33(27)24(23)18-7-10-21-22(14-18)36-13-12-35-21/h3-11,14-15,24H,12-13H2,1-2H3,(H,30,34)(H,29,31,32). The summed E-state index contributed by atoms with van der Waals surface area (Å²) >= 11 is 0. The van der Waals surface area contributed by atoms with Crippen LogP contribution in [0.25, 0.3) is 11.4 Å². The third-order valence-electron chi connectivity index (χ3n) is 6.21. The van der Waals surface area contributed by atoms with Crippen molar-refractivity contribution < 1.29 is 14.3 Å². The lowest BCUT2D eigenvalue weighted by molar-refractivity contribution is -0.113. The van der Waals surface area contributed by atoms with Crippen molar-refractivity contribution in [3.63, 3.8) is 0 Å². The van der Waals surface area contributed by atoms with E-state index in [4.69, 9.17) is 19.6 Å². The quantitative estimate of drug-likeness (QED) is 0.448. The van der Waals surface area contributed by atoms with E-state index in [-0.39, 0.29) is 5.91 Å². The Hall–Kier alpha value is -4.66. The van der Waals surface area contributed by atoms with Crippen molar-refractivity contribution in [2.24, 2.45) is 0 Å². The summed E-state index contributed by atoms with van der Waals surface area (Å²) in [5.41, 5.74) is 4.67. The van der Waals surface area contributed by atoms with Crippen LogP contribution >= 0.6 is 0 Å². The van der Waals surface area contributed by atoms with Gasteiger partial charge in [-0.2, -0.15) is 4.98 Å². The highest BCUT2D eigenvalue weighted by atomic mass is 16.6. The molecule has 2 aromatic heterocycles. The second-order valence-electron chi connectivity index (χ2n) is 8.73. The molecule has 0 spiro atoms. The number of hydrogen-bond donors (Lipinski definition) is 2. The van der Waals surface area contributed by atoms with Gasteiger partial charge in [0.25, 0.3) is 5.91 Å². The number of aromatic nitrogens is 4. The highest BCUT2D eigenvalue weighted by Gasteiger charge is 2.35. The number of ether oxygens (including phenoxy) is 2. The first-order chi connectivity index (χ1) is 17.6. The van der Waals surface area contributed by atoms with Crippen molar-refractivity contribution >= 4 is 17.5 Å². The largest absolute Gasteiger partial charge is 0.486 e. The van der Waals surface area contributed by atoms with Crippen LogP contribution in [0.2, 0.25) is 0 Å². The van der Waals surface area contributed by atoms with Gasteiger partial charge < -0.3 is 20.1 Å². The minimum atomic E-state index is -0.541. The summed E-state index contributed by atoms with van der Waals surface area (Å²) in [6, 6.07) is 16.6. The number of pyridine rings is 1. The van der Waals surface area contributed by atoms with E-state index in [0.29, 0.717) is 53.4 Å². The molecule has 4 aromatic rings. The van der Waals surface area contributed by atoms with Gasteiger partial charge >= 0.3 is 0 Å². The zero-order chi connectivity index (χ0) is 24.6. The van der Waals surface area contributed by atoms with Crippen LogP contribution in [-0.2, 0) is 4.79 Å². The summed E-state index contributed by atoms with van der Waals surface area (Å²) in [6.45, 7) is 4.85. The molecule has 4 heterocycles. The van der Waals surface area contributed by atoms with Crippen LogP contribution in [0.3, 0.4) is 0 Å². The Labute approximate surface area is 207 Å². The Balaban J connectivity index is 1.45. The van der Waals surface area contributed by atoms with Gasteiger partial charge in [0, 0.05) is 29.3 Å². The number of aryl methyl sites for hydroxylation is 1. The number of benzene rings is 2. The van der Waals surface area contributed by atoms with E-state index in [9.17, 15) is 4.79 Å². The molecule has 2 aliphatic heterocycles. The van der Waals surface area contributed by atoms with E-state index in [1.165, 1.54) is 0 Å². The molecular formula is C27H24N6O3. The van der Waals surface area contributed by atoms with Crippen molar-refractivity contribution in [1.29, 1.82) is 0 Å². The minimum Gasteiger partial charge on any atom is -0.486 e. The first-order valence-corrected chi connectivity index (χ1v) is 11.7. The van der Waals surface area contributed by atoms with E-state index >= 15 is 0 Å². The first-order valence-electron chi connectivity index (χ1n) is 11.7. The summed E-state index contributed by atoms with van der Waals surface area (Å²) in [5, 5.41) is 11.1. The summed E-state index contributed by atoms with van der Waals surface area (Å²) in [7, 11) is 0. The van der Waals surface area contributed by atoms with Crippen molar-refractivity contribution in [2.75, 3.05) is 23.8 Å². The average molecular weight is 481 g/mol. The Morgan fingerprint density at radius 3 is 2.64 bits per heavy atom. The number of carbonyl (C=O) groups is 1. The van der Waals surface area contributed by atoms with Gasteiger partial charge in [-0.15, -0.1) is 5.10 Å². The predicted octanol–water partition coefficient (Wildman–Crippen LogP) is 4.35. The van der Waals surface area contributed by atoms with Crippen molar-refractivity contribution in [3.8, 4) is 22.9 Å². The molecule has 0 fully saturated rings. The van der Waals surface area contributed by atoms with E-state index in [0.717, 1.165) is 16.7 Å². The summed E-state index contributed by atoms with van der Waals surface area (Å²) < 4.78 is 13.3. The fourth-order valence-corrected chi connectivity index (χ4v) is 4.44. The molecule has 2 aliphatic rings. The zero-order valence-electron chi connectivity index (χ0n) is 19.9. The molecule has 2 aromatic carbocycles. The number of anilines is 2. The molecule has 6 rings (SSSR count). The number of fused-ring (bicyclic) bond motifs is 2. The maximum Gasteiger partial charge on any atom is 0.255 e. The van der Waals surface area contributed by atoms with Gasteiger partial charge in [0.05, 0.1) is 5.57 Å². The molecule has 0 radical (unpaired) electrons. The van der Waals surface area contributed by atoms with Gasteiger partial charge in [-0.1, -0.05) is 23.8 Å². The van der Waals surface area contributed by atoms with E-state index in [1.54, 1.807) is 17.1 Å². The average Bonchev–Trinajstić information content (AvgIpc) is 3.33. The fourth-order valence-electron chi connectivity index (χ4n) is 4.44. The SMILES string of the molecule is CC1=C(C(=O)Nc2ccc(C)cc2)C(c2ccc3c(c2)OCCO3)n2nc(-c3cccnc3)nc2N1. The molecule has 9 nitrogen and oxygen atoms in total. The molecule has 0 aliphatic carbocycles. The fraction of sp³-hybridized carbons (Fsp3) is 0.185. The summed E-state index contributed by atoms with van der Waals surface area (Å²) in [6.07, 6.45) is 3.42. The van der Waals surface area contributed by atoms with Crippen LogP contribution in [-0.4, -0.2) is 38.9 Å². The van der Waals surface area contributed by atoms with Crippen molar-refractivity contribution in [2.45, 2.75) is 19.9 Å². The first kappa shape index (κ1) is 21.8. The van der Waals surface area contributed by atoms with Crippen LogP contribution in [0.15, 0.2) is 78.3 Å². The maximum absolute atomic E-state index is 13.7. The number of nitrogens with one attached hydrogen (secondary N) is 2. The van der Waals surface area contributed by atoms with Crippen LogP contribution in [0.1, 0.15) is 24.1 Å². The monoisotopic (exact) mass is 480 g/mol. The number of carbonyl (C=O) groups excluding carboxylic acids is 1.